The molecule has 0 aliphatic carbocycles. The highest BCUT2D eigenvalue weighted by Gasteiger charge is 2.24. The van der Waals surface area contributed by atoms with Gasteiger partial charge in [0.25, 0.3) is 0 Å². The van der Waals surface area contributed by atoms with Crippen molar-refractivity contribution in [1.29, 1.82) is 0 Å². The third kappa shape index (κ3) is 5.32. The monoisotopic (exact) mass is 497 g/mol. The number of piperazine rings is 1. The molecule has 0 saturated carbocycles. The molecule has 1 fully saturated rings. The second-order valence-corrected chi connectivity index (χ2v) is 9.85. The van der Waals surface area contributed by atoms with E-state index >= 15 is 0 Å². The first-order chi connectivity index (χ1) is 16.4. The van der Waals surface area contributed by atoms with Crippen LogP contribution in [0.4, 0.5) is 5.00 Å². The van der Waals surface area contributed by atoms with Crippen LogP contribution in [0.5, 0.6) is 0 Å². The molecule has 1 saturated heterocycles. The molecular weight excluding hydrogens is 466 g/mol. The van der Waals surface area contributed by atoms with E-state index in [4.69, 9.17) is 17.0 Å². The Kier molecular flexibility index (Phi) is 7.65. The van der Waals surface area contributed by atoms with Crippen LogP contribution in [0.3, 0.4) is 0 Å². The molecule has 0 unspecified atom stereocenters. The Hall–Kier alpha value is -2.75. The molecule has 1 aliphatic rings. The van der Waals surface area contributed by atoms with Gasteiger partial charge in [-0.3, -0.25) is 9.58 Å². The lowest BCUT2D eigenvalue weighted by molar-refractivity contribution is 0.0528. The molecule has 0 bridgehead atoms. The summed E-state index contributed by atoms with van der Waals surface area (Å²) in [6.07, 6.45) is 0. The second-order valence-electron chi connectivity index (χ2n) is 8.41. The Morgan fingerprint density at radius 3 is 2.50 bits per heavy atom. The van der Waals surface area contributed by atoms with E-state index in [1.54, 1.807) is 0 Å². The topological polar surface area (TPSA) is 62.6 Å². The molecule has 1 aliphatic heterocycles. The number of benzene rings is 1. The van der Waals surface area contributed by atoms with Gasteiger partial charge in [-0.15, -0.1) is 11.3 Å². The highest BCUT2D eigenvalue weighted by Crippen LogP contribution is 2.36. The standard InChI is InChI=1S/C25H31N5O2S2/c1-5-32-24(31)20-15-22(19-9-7-6-8-10-19)34-23(20)26-25(33)30-13-11-29(12-14-30)16-21-17(2)27-28(4)18(21)3/h6-10,15H,5,11-14,16H2,1-4H3,(H,26,33). The number of aromatic nitrogens is 2. The van der Waals surface area contributed by atoms with Crippen molar-refractivity contribution in [2.45, 2.75) is 27.3 Å². The normalized spacial score (nSPS) is 14.3. The maximum atomic E-state index is 12.6. The van der Waals surface area contributed by atoms with Gasteiger partial charge >= 0.3 is 5.97 Å². The second kappa shape index (κ2) is 10.7. The zero-order valence-corrected chi connectivity index (χ0v) is 21.8. The van der Waals surface area contributed by atoms with Crippen LogP contribution >= 0.6 is 23.6 Å². The number of carbonyl (C=O) groups is 1. The lowest BCUT2D eigenvalue weighted by Crippen LogP contribution is -2.49. The number of rotatable bonds is 6. The number of ether oxygens (including phenoxy) is 1. The van der Waals surface area contributed by atoms with E-state index in [1.807, 2.05) is 55.1 Å². The zero-order chi connectivity index (χ0) is 24.2. The summed E-state index contributed by atoms with van der Waals surface area (Å²) in [5.74, 6) is -0.335. The molecule has 3 aromatic rings. The number of carbonyl (C=O) groups excluding carboxylic acids is 1. The van der Waals surface area contributed by atoms with E-state index in [1.165, 1.54) is 22.6 Å². The molecule has 9 heteroatoms. The number of anilines is 1. The molecule has 34 heavy (non-hydrogen) atoms. The van der Waals surface area contributed by atoms with Crippen molar-refractivity contribution in [3.8, 4) is 10.4 Å². The van der Waals surface area contributed by atoms with E-state index < -0.39 is 0 Å². The third-order valence-electron chi connectivity index (χ3n) is 6.21. The average Bonchev–Trinajstić information content (AvgIpc) is 3.36. The Morgan fingerprint density at radius 2 is 1.88 bits per heavy atom. The Morgan fingerprint density at radius 1 is 1.18 bits per heavy atom. The van der Waals surface area contributed by atoms with Gasteiger partial charge in [0.2, 0.25) is 0 Å². The lowest BCUT2D eigenvalue weighted by atomic mass is 10.1. The summed E-state index contributed by atoms with van der Waals surface area (Å²) < 4.78 is 7.24. The summed E-state index contributed by atoms with van der Waals surface area (Å²) in [7, 11) is 1.99. The number of thiophene rings is 1. The zero-order valence-electron chi connectivity index (χ0n) is 20.1. The highest BCUT2D eigenvalue weighted by molar-refractivity contribution is 7.80. The Labute approximate surface area is 210 Å². The summed E-state index contributed by atoms with van der Waals surface area (Å²) in [6, 6.07) is 11.9. The van der Waals surface area contributed by atoms with Crippen molar-refractivity contribution >= 4 is 39.6 Å². The van der Waals surface area contributed by atoms with Crippen LogP contribution in [0, 0.1) is 13.8 Å². The van der Waals surface area contributed by atoms with Gasteiger partial charge in [0.1, 0.15) is 5.00 Å². The van der Waals surface area contributed by atoms with Gasteiger partial charge in [0.05, 0.1) is 17.9 Å². The van der Waals surface area contributed by atoms with E-state index in [0.717, 1.165) is 53.9 Å². The van der Waals surface area contributed by atoms with Crippen molar-refractivity contribution in [2.75, 3.05) is 38.1 Å². The first-order valence-electron chi connectivity index (χ1n) is 11.5. The fourth-order valence-electron chi connectivity index (χ4n) is 4.14. The number of esters is 1. The average molecular weight is 498 g/mol. The molecule has 2 aromatic heterocycles. The molecule has 1 N–H and O–H groups in total. The number of hydrogen-bond donors (Lipinski definition) is 1. The SMILES string of the molecule is CCOC(=O)c1cc(-c2ccccc2)sc1NC(=S)N1CCN(Cc2c(C)nn(C)c2C)CC1. The molecular formula is C25H31N5O2S2. The molecule has 1 aromatic carbocycles. The lowest BCUT2D eigenvalue weighted by Gasteiger charge is -2.36. The smallest absolute Gasteiger partial charge is 0.341 e. The molecule has 0 radical (unpaired) electrons. The molecule has 0 atom stereocenters. The van der Waals surface area contributed by atoms with E-state index in [0.29, 0.717) is 17.3 Å². The summed E-state index contributed by atoms with van der Waals surface area (Å²) in [4.78, 5) is 18.2. The van der Waals surface area contributed by atoms with Gasteiger partial charge in [-0.2, -0.15) is 5.10 Å². The Balaban J connectivity index is 1.42. The van der Waals surface area contributed by atoms with Crippen LogP contribution in [0.15, 0.2) is 36.4 Å². The van der Waals surface area contributed by atoms with Crippen molar-refractivity contribution in [3.05, 3.63) is 58.9 Å². The Bertz CT molecular complexity index is 1160. The van der Waals surface area contributed by atoms with Crippen LogP contribution in [0.2, 0.25) is 0 Å². The van der Waals surface area contributed by atoms with Crippen LogP contribution in [-0.2, 0) is 18.3 Å². The summed E-state index contributed by atoms with van der Waals surface area (Å²) in [6.45, 7) is 10.7. The molecule has 4 rings (SSSR count). The van der Waals surface area contributed by atoms with Crippen LogP contribution in [0.25, 0.3) is 10.4 Å². The minimum atomic E-state index is -0.335. The first-order valence-corrected chi connectivity index (χ1v) is 12.7. The first kappa shape index (κ1) is 24.4. The molecule has 7 nitrogen and oxygen atoms in total. The number of nitrogens with one attached hydrogen (secondary N) is 1. The minimum Gasteiger partial charge on any atom is -0.462 e. The van der Waals surface area contributed by atoms with Crippen LogP contribution < -0.4 is 5.32 Å². The largest absolute Gasteiger partial charge is 0.462 e. The van der Waals surface area contributed by atoms with Gasteiger partial charge in [-0.05, 0) is 44.6 Å². The summed E-state index contributed by atoms with van der Waals surface area (Å²) >= 11 is 7.26. The molecule has 180 valence electrons. The van der Waals surface area contributed by atoms with Gasteiger partial charge in [-0.1, -0.05) is 30.3 Å². The fraction of sp³-hybridized carbons (Fsp3) is 0.400. The molecule has 0 amide bonds. The van der Waals surface area contributed by atoms with E-state index in [2.05, 4.69) is 34.1 Å². The number of nitrogens with zero attached hydrogens (tertiary/aromatic N) is 4. The molecule has 0 spiro atoms. The minimum absolute atomic E-state index is 0.330. The predicted molar refractivity (Wildman–Crippen MR) is 141 cm³/mol. The van der Waals surface area contributed by atoms with Gasteiger partial charge in [0.15, 0.2) is 5.11 Å². The van der Waals surface area contributed by atoms with Crippen LogP contribution in [-0.4, -0.2) is 63.4 Å². The number of aryl methyl sites for hydroxylation is 2. The fourth-order valence-corrected chi connectivity index (χ4v) is 5.54. The number of hydrogen-bond acceptors (Lipinski definition) is 6. The van der Waals surface area contributed by atoms with Crippen LogP contribution in [0.1, 0.15) is 34.2 Å². The quantitative estimate of drug-likeness (QED) is 0.399. The maximum Gasteiger partial charge on any atom is 0.341 e. The van der Waals surface area contributed by atoms with Crippen molar-refractivity contribution in [2.24, 2.45) is 7.05 Å². The summed E-state index contributed by atoms with van der Waals surface area (Å²) in [5, 5.41) is 9.24. The maximum absolute atomic E-state index is 12.6. The van der Waals surface area contributed by atoms with Crippen molar-refractivity contribution < 1.29 is 9.53 Å². The summed E-state index contributed by atoms with van der Waals surface area (Å²) in [5.41, 5.74) is 5.21. The van der Waals surface area contributed by atoms with E-state index in [-0.39, 0.29) is 5.97 Å². The number of thiocarbonyl (C=S) groups is 1. The van der Waals surface area contributed by atoms with E-state index in [9.17, 15) is 4.79 Å². The van der Waals surface area contributed by atoms with Gasteiger partial charge in [0, 0.05) is 55.9 Å². The highest BCUT2D eigenvalue weighted by atomic mass is 32.1. The van der Waals surface area contributed by atoms with Gasteiger partial charge in [-0.25, -0.2) is 4.79 Å². The van der Waals surface area contributed by atoms with Gasteiger partial charge < -0.3 is 15.0 Å². The van der Waals surface area contributed by atoms with Crippen molar-refractivity contribution in [1.82, 2.24) is 19.6 Å². The molecule has 3 heterocycles. The van der Waals surface area contributed by atoms with Crippen molar-refractivity contribution in [3.63, 3.8) is 0 Å². The predicted octanol–water partition coefficient (Wildman–Crippen LogP) is 4.46. The third-order valence-corrected chi connectivity index (χ3v) is 7.67.